The molecule has 0 aliphatic rings. The third-order valence-corrected chi connectivity index (χ3v) is 6.02. The Bertz CT molecular complexity index is 1270. The normalized spacial score (nSPS) is 11.5. The van der Waals surface area contributed by atoms with Crippen molar-refractivity contribution in [2.45, 2.75) is 33.1 Å². The zero-order valence-corrected chi connectivity index (χ0v) is 20.1. The molecule has 4 aromatic carbocycles. The molecule has 176 valence electrons. The lowest BCUT2D eigenvalue weighted by Gasteiger charge is -2.08. The van der Waals surface area contributed by atoms with Crippen LogP contribution in [0.2, 0.25) is 0 Å². The molecule has 0 radical (unpaired) electrons. The number of aryl methyl sites for hydroxylation is 2. The first-order valence-electron chi connectivity index (χ1n) is 11.9. The number of phenols is 2. The van der Waals surface area contributed by atoms with Crippen molar-refractivity contribution in [1.82, 2.24) is 0 Å². The fourth-order valence-electron chi connectivity index (χ4n) is 4.02. The maximum Gasteiger partial charge on any atom is 0.124 e. The van der Waals surface area contributed by atoms with Gasteiger partial charge in [-0.25, -0.2) is 0 Å². The Morgan fingerprint density at radius 1 is 0.600 bits per heavy atom. The van der Waals surface area contributed by atoms with Crippen molar-refractivity contribution >= 4 is 23.8 Å². The SMILES string of the molecule is CCc1ccccc1N=Cc1cc(Cc2ccc(O)c(C=Nc3ccccc3CC)c2)ccc1O. The van der Waals surface area contributed by atoms with Crippen LogP contribution in [0.25, 0.3) is 0 Å². The maximum absolute atomic E-state index is 10.4. The van der Waals surface area contributed by atoms with Crippen molar-refractivity contribution in [1.29, 1.82) is 0 Å². The van der Waals surface area contributed by atoms with Crippen molar-refractivity contribution in [3.63, 3.8) is 0 Å². The van der Waals surface area contributed by atoms with E-state index in [4.69, 9.17) is 0 Å². The van der Waals surface area contributed by atoms with Gasteiger partial charge in [0.1, 0.15) is 11.5 Å². The Morgan fingerprint density at radius 3 is 1.46 bits per heavy atom. The highest BCUT2D eigenvalue weighted by Crippen LogP contribution is 2.25. The van der Waals surface area contributed by atoms with Gasteiger partial charge in [0, 0.05) is 23.6 Å². The van der Waals surface area contributed by atoms with Crippen molar-refractivity contribution in [2.24, 2.45) is 9.98 Å². The second-order valence-electron chi connectivity index (χ2n) is 8.44. The molecule has 0 atom stereocenters. The van der Waals surface area contributed by atoms with Crippen LogP contribution in [0.4, 0.5) is 11.4 Å². The van der Waals surface area contributed by atoms with Crippen LogP contribution in [0, 0.1) is 0 Å². The molecular formula is C31H30N2O2. The summed E-state index contributed by atoms with van der Waals surface area (Å²) in [5, 5.41) is 20.7. The van der Waals surface area contributed by atoms with E-state index >= 15 is 0 Å². The summed E-state index contributed by atoms with van der Waals surface area (Å²) in [5.74, 6) is 0.388. The van der Waals surface area contributed by atoms with E-state index in [1.807, 2.05) is 60.7 Å². The van der Waals surface area contributed by atoms with E-state index in [1.54, 1.807) is 24.6 Å². The highest BCUT2D eigenvalue weighted by molar-refractivity contribution is 5.87. The molecule has 0 unspecified atom stereocenters. The summed E-state index contributed by atoms with van der Waals surface area (Å²) in [6.45, 7) is 4.21. The van der Waals surface area contributed by atoms with Gasteiger partial charge in [-0.3, -0.25) is 9.98 Å². The van der Waals surface area contributed by atoms with E-state index in [9.17, 15) is 10.2 Å². The zero-order valence-electron chi connectivity index (χ0n) is 20.1. The van der Waals surface area contributed by atoms with Crippen molar-refractivity contribution < 1.29 is 10.2 Å². The van der Waals surface area contributed by atoms with Crippen molar-refractivity contribution in [3.05, 3.63) is 118 Å². The molecule has 0 saturated carbocycles. The first-order valence-corrected chi connectivity index (χ1v) is 11.9. The van der Waals surface area contributed by atoms with Crippen LogP contribution in [-0.4, -0.2) is 22.6 Å². The summed E-state index contributed by atoms with van der Waals surface area (Å²) in [7, 11) is 0. The number of nitrogens with zero attached hydrogens (tertiary/aromatic N) is 2. The number of hydrogen-bond acceptors (Lipinski definition) is 4. The van der Waals surface area contributed by atoms with Crippen LogP contribution in [-0.2, 0) is 19.3 Å². The lowest BCUT2D eigenvalue weighted by molar-refractivity contribution is 0.474. The Balaban J connectivity index is 1.56. The van der Waals surface area contributed by atoms with E-state index in [0.717, 1.165) is 35.3 Å². The predicted molar refractivity (Wildman–Crippen MR) is 145 cm³/mol. The van der Waals surface area contributed by atoms with Crippen LogP contribution >= 0.6 is 0 Å². The maximum atomic E-state index is 10.4. The summed E-state index contributed by atoms with van der Waals surface area (Å²) in [5.41, 5.74) is 7.57. The summed E-state index contributed by atoms with van der Waals surface area (Å²) in [4.78, 5) is 9.23. The molecular weight excluding hydrogens is 432 g/mol. The van der Waals surface area contributed by atoms with E-state index in [2.05, 4.69) is 36.0 Å². The van der Waals surface area contributed by atoms with Crippen LogP contribution < -0.4 is 0 Å². The standard InChI is InChI=1S/C31H30N2O2/c1-3-24-9-5-7-11-28(24)32-20-26-18-22(13-15-30(26)34)17-23-14-16-31(35)27(19-23)21-33-29-12-8-6-10-25(29)4-2/h5-16,18-21,34-35H,3-4,17H2,1-2H3. The minimum absolute atomic E-state index is 0.194. The molecule has 0 fully saturated rings. The lowest BCUT2D eigenvalue weighted by Crippen LogP contribution is -1.93. The van der Waals surface area contributed by atoms with Crippen molar-refractivity contribution in [2.75, 3.05) is 0 Å². The molecule has 0 heterocycles. The minimum atomic E-state index is 0.194. The van der Waals surface area contributed by atoms with Gasteiger partial charge in [0.2, 0.25) is 0 Å². The number of para-hydroxylation sites is 2. The highest BCUT2D eigenvalue weighted by Gasteiger charge is 2.06. The van der Waals surface area contributed by atoms with Gasteiger partial charge in [0.25, 0.3) is 0 Å². The van der Waals surface area contributed by atoms with E-state index in [-0.39, 0.29) is 11.5 Å². The van der Waals surface area contributed by atoms with Gasteiger partial charge >= 0.3 is 0 Å². The molecule has 4 aromatic rings. The van der Waals surface area contributed by atoms with E-state index in [1.165, 1.54) is 11.1 Å². The monoisotopic (exact) mass is 462 g/mol. The quantitative estimate of drug-likeness (QED) is 0.270. The van der Waals surface area contributed by atoms with Crippen molar-refractivity contribution in [3.8, 4) is 11.5 Å². The second kappa shape index (κ2) is 11.3. The Hall–Kier alpha value is -4.18. The molecule has 35 heavy (non-hydrogen) atoms. The van der Waals surface area contributed by atoms with Gasteiger partial charge in [-0.2, -0.15) is 0 Å². The van der Waals surface area contributed by atoms with Crippen LogP contribution in [0.5, 0.6) is 11.5 Å². The molecule has 0 saturated heterocycles. The molecule has 0 spiro atoms. The third kappa shape index (κ3) is 6.04. The summed E-state index contributed by atoms with van der Waals surface area (Å²) < 4.78 is 0. The fraction of sp³-hybridized carbons (Fsp3) is 0.161. The number of hydrogen-bond donors (Lipinski definition) is 2. The average Bonchev–Trinajstić information content (AvgIpc) is 2.89. The molecule has 0 aromatic heterocycles. The highest BCUT2D eigenvalue weighted by atomic mass is 16.3. The molecule has 0 amide bonds. The molecule has 0 aliphatic heterocycles. The van der Waals surface area contributed by atoms with Gasteiger partial charge in [-0.15, -0.1) is 0 Å². The summed E-state index contributed by atoms with van der Waals surface area (Å²) >= 11 is 0. The summed E-state index contributed by atoms with van der Waals surface area (Å²) in [6, 6.07) is 27.2. The number of phenolic OH excluding ortho intramolecular Hbond substituents is 2. The molecule has 0 aliphatic carbocycles. The topological polar surface area (TPSA) is 65.2 Å². The molecule has 4 rings (SSSR count). The van der Waals surface area contributed by atoms with Gasteiger partial charge < -0.3 is 10.2 Å². The minimum Gasteiger partial charge on any atom is -0.507 e. The van der Waals surface area contributed by atoms with Crippen LogP contribution in [0.3, 0.4) is 0 Å². The van der Waals surface area contributed by atoms with Gasteiger partial charge in [0.15, 0.2) is 0 Å². The third-order valence-electron chi connectivity index (χ3n) is 6.02. The Morgan fingerprint density at radius 2 is 1.03 bits per heavy atom. The average molecular weight is 463 g/mol. The molecule has 0 bridgehead atoms. The largest absolute Gasteiger partial charge is 0.507 e. The van der Waals surface area contributed by atoms with Crippen LogP contribution in [0.1, 0.15) is 47.2 Å². The fourth-order valence-corrected chi connectivity index (χ4v) is 4.02. The zero-order chi connectivity index (χ0) is 24.6. The second-order valence-corrected chi connectivity index (χ2v) is 8.44. The number of aromatic hydroxyl groups is 2. The first kappa shape index (κ1) is 24.0. The van der Waals surface area contributed by atoms with Gasteiger partial charge in [-0.05, 0) is 77.9 Å². The number of aliphatic imine (C=N–C) groups is 2. The van der Waals surface area contributed by atoms with Gasteiger partial charge in [-0.1, -0.05) is 62.4 Å². The molecule has 2 N–H and O–H groups in total. The van der Waals surface area contributed by atoms with E-state index in [0.29, 0.717) is 17.5 Å². The number of benzene rings is 4. The predicted octanol–water partition coefficient (Wildman–Crippen LogP) is 7.31. The Kier molecular flexibility index (Phi) is 7.74. The molecule has 4 nitrogen and oxygen atoms in total. The molecule has 4 heteroatoms. The van der Waals surface area contributed by atoms with Gasteiger partial charge in [0.05, 0.1) is 11.4 Å². The van der Waals surface area contributed by atoms with Crippen LogP contribution in [0.15, 0.2) is 94.9 Å². The smallest absolute Gasteiger partial charge is 0.124 e. The Labute approximate surface area is 207 Å². The number of rotatable bonds is 8. The first-order chi connectivity index (χ1) is 17.1. The lowest BCUT2D eigenvalue weighted by atomic mass is 10.0. The van der Waals surface area contributed by atoms with E-state index < -0.39 is 0 Å². The summed E-state index contributed by atoms with van der Waals surface area (Å²) in [6.07, 6.45) is 5.88.